The van der Waals surface area contributed by atoms with E-state index in [2.05, 4.69) is 49.1 Å². The Labute approximate surface area is 131 Å². The topological polar surface area (TPSA) is 39.4 Å². The van der Waals surface area contributed by atoms with Crippen LogP contribution in [0.15, 0.2) is 47.5 Å². The van der Waals surface area contributed by atoms with Crippen molar-refractivity contribution in [3.8, 4) is 6.07 Å². The number of nitrogens with zero attached hydrogens (tertiary/aromatic N) is 3. The summed E-state index contributed by atoms with van der Waals surface area (Å²) in [5, 5.41) is 9.11. The Kier molecular flexibility index (Phi) is 3.26. The quantitative estimate of drug-likeness (QED) is 0.837. The van der Waals surface area contributed by atoms with Gasteiger partial charge in [-0.15, -0.1) is 0 Å². The van der Waals surface area contributed by atoms with Crippen LogP contribution in [0, 0.1) is 11.3 Å². The van der Waals surface area contributed by atoms with Gasteiger partial charge in [0.1, 0.15) is 0 Å². The second-order valence-corrected chi connectivity index (χ2v) is 6.37. The van der Waals surface area contributed by atoms with Crippen molar-refractivity contribution in [2.45, 2.75) is 19.3 Å². The summed E-state index contributed by atoms with van der Waals surface area (Å²) in [6.45, 7) is 4.33. The zero-order valence-electron chi connectivity index (χ0n) is 13.4. The van der Waals surface area contributed by atoms with Crippen molar-refractivity contribution < 1.29 is 0 Å². The number of rotatable bonds is 2. The average Bonchev–Trinajstić information content (AvgIpc) is 2.78. The van der Waals surface area contributed by atoms with E-state index in [0.717, 1.165) is 22.5 Å². The first-order valence-corrected chi connectivity index (χ1v) is 7.35. The standard InChI is InChI=1S/C19H19N3/c1-19(2)16-11-13(12-20)5-10-17(16)21-18(19)14-6-8-15(9-7-14)22(3)4/h5-11H,1-4H3. The molecule has 0 bridgehead atoms. The molecule has 0 saturated carbocycles. The molecule has 0 N–H and O–H groups in total. The second-order valence-electron chi connectivity index (χ2n) is 6.37. The van der Waals surface area contributed by atoms with Gasteiger partial charge in [-0.1, -0.05) is 26.0 Å². The average molecular weight is 289 g/mol. The molecule has 3 heteroatoms. The molecule has 0 unspecified atom stereocenters. The van der Waals surface area contributed by atoms with Crippen LogP contribution in [0.25, 0.3) is 0 Å². The maximum atomic E-state index is 9.11. The summed E-state index contributed by atoms with van der Waals surface area (Å²) in [6, 6.07) is 16.4. The van der Waals surface area contributed by atoms with Crippen LogP contribution in [0.3, 0.4) is 0 Å². The lowest BCUT2D eigenvalue weighted by molar-refractivity contribution is 0.737. The Balaban J connectivity index is 2.05. The van der Waals surface area contributed by atoms with Crippen LogP contribution in [0.1, 0.15) is 30.5 Å². The Morgan fingerprint density at radius 3 is 2.32 bits per heavy atom. The second kappa shape index (κ2) is 4.99. The van der Waals surface area contributed by atoms with Crippen molar-refractivity contribution in [1.29, 1.82) is 5.26 Å². The molecule has 1 heterocycles. The minimum atomic E-state index is -0.193. The molecule has 0 spiro atoms. The van der Waals surface area contributed by atoms with Crippen LogP contribution < -0.4 is 4.90 Å². The van der Waals surface area contributed by atoms with Gasteiger partial charge in [0.05, 0.1) is 23.0 Å². The first-order valence-electron chi connectivity index (χ1n) is 7.35. The Morgan fingerprint density at radius 1 is 1.05 bits per heavy atom. The largest absolute Gasteiger partial charge is 0.378 e. The van der Waals surface area contributed by atoms with Gasteiger partial charge in [0.15, 0.2) is 0 Å². The third kappa shape index (κ3) is 2.17. The van der Waals surface area contributed by atoms with E-state index in [1.165, 1.54) is 5.69 Å². The minimum Gasteiger partial charge on any atom is -0.378 e. The number of benzene rings is 2. The van der Waals surface area contributed by atoms with E-state index >= 15 is 0 Å². The highest BCUT2D eigenvalue weighted by molar-refractivity contribution is 6.12. The zero-order chi connectivity index (χ0) is 15.9. The molecule has 22 heavy (non-hydrogen) atoms. The number of anilines is 1. The van der Waals surface area contributed by atoms with Crippen molar-refractivity contribution in [3.05, 3.63) is 59.2 Å². The number of nitriles is 1. The van der Waals surface area contributed by atoms with Gasteiger partial charge < -0.3 is 4.90 Å². The molecule has 0 saturated heterocycles. The SMILES string of the molecule is CN(C)c1ccc(C2=Nc3ccc(C#N)cc3C2(C)C)cc1. The van der Waals surface area contributed by atoms with Crippen molar-refractivity contribution >= 4 is 17.1 Å². The van der Waals surface area contributed by atoms with E-state index in [9.17, 15) is 0 Å². The van der Waals surface area contributed by atoms with Gasteiger partial charge in [-0.25, -0.2) is 0 Å². The third-order valence-electron chi connectivity index (χ3n) is 4.28. The maximum Gasteiger partial charge on any atom is 0.0991 e. The van der Waals surface area contributed by atoms with Gasteiger partial charge >= 0.3 is 0 Å². The fourth-order valence-electron chi connectivity index (χ4n) is 2.93. The van der Waals surface area contributed by atoms with Gasteiger partial charge in [-0.3, -0.25) is 4.99 Å². The molecular weight excluding hydrogens is 270 g/mol. The maximum absolute atomic E-state index is 9.11. The molecule has 3 rings (SSSR count). The van der Waals surface area contributed by atoms with Crippen LogP contribution in [-0.2, 0) is 5.41 Å². The summed E-state index contributed by atoms with van der Waals surface area (Å²) in [4.78, 5) is 6.90. The molecule has 0 aliphatic carbocycles. The highest BCUT2D eigenvalue weighted by atomic mass is 15.1. The highest BCUT2D eigenvalue weighted by Crippen LogP contribution is 2.42. The van der Waals surface area contributed by atoms with Gasteiger partial charge in [0.2, 0.25) is 0 Å². The summed E-state index contributed by atoms with van der Waals surface area (Å²) in [5.41, 5.74) is 5.94. The summed E-state index contributed by atoms with van der Waals surface area (Å²) in [5.74, 6) is 0. The van der Waals surface area contributed by atoms with Crippen molar-refractivity contribution in [3.63, 3.8) is 0 Å². The van der Waals surface area contributed by atoms with Crippen LogP contribution in [0.4, 0.5) is 11.4 Å². The Bertz CT molecular complexity index is 790. The van der Waals surface area contributed by atoms with Crippen LogP contribution >= 0.6 is 0 Å². The van der Waals surface area contributed by atoms with E-state index in [-0.39, 0.29) is 5.41 Å². The van der Waals surface area contributed by atoms with Crippen LogP contribution in [0.5, 0.6) is 0 Å². The summed E-state index contributed by atoms with van der Waals surface area (Å²) in [6.07, 6.45) is 0. The summed E-state index contributed by atoms with van der Waals surface area (Å²) in [7, 11) is 4.07. The molecule has 0 amide bonds. The van der Waals surface area contributed by atoms with Gasteiger partial charge in [0.25, 0.3) is 0 Å². The van der Waals surface area contributed by atoms with E-state index < -0.39 is 0 Å². The van der Waals surface area contributed by atoms with E-state index in [0.29, 0.717) is 5.56 Å². The van der Waals surface area contributed by atoms with Gasteiger partial charge in [-0.2, -0.15) is 5.26 Å². The smallest absolute Gasteiger partial charge is 0.0991 e. The number of fused-ring (bicyclic) bond motifs is 1. The molecule has 0 aromatic heterocycles. The fraction of sp³-hybridized carbons (Fsp3) is 0.263. The summed E-state index contributed by atoms with van der Waals surface area (Å²) >= 11 is 0. The lowest BCUT2D eigenvalue weighted by Gasteiger charge is -2.23. The summed E-state index contributed by atoms with van der Waals surface area (Å²) < 4.78 is 0. The molecule has 0 fully saturated rings. The third-order valence-corrected chi connectivity index (χ3v) is 4.28. The minimum absolute atomic E-state index is 0.193. The number of hydrogen-bond acceptors (Lipinski definition) is 3. The predicted molar refractivity (Wildman–Crippen MR) is 91.1 cm³/mol. The van der Waals surface area contributed by atoms with E-state index in [4.69, 9.17) is 10.3 Å². The first-order chi connectivity index (χ1) is 10.4. The first kappa shape index (κ1) is 14.3. The van der Waals surface area contributed by atoms with Crippen LogP contribution in [0.2, 0.25) is 0 Å². The molecule has 2 aromatic carbocycles. The van der Waals surface area contributed by atoms with E-state index in [1.54, 1.807) is 0 Å². The van der Waals surface area contributed by atoms with Crippen molar-refractivity contribution in [2.75, 3.05) is 19.0 Å². The predicted octanol–water partition coefficient (Wildman–Crippen LogP) is 4.04. The molecule has 0 atom stereocenters. The fourth-order valence-corrected chi connectivity index (χ4v) is 2.93. The molecule has 1 aliphatic rings. The monoisotopic (exact) mass is 289 g/mol. The van der Waals surface area contributed by atoms with Crippen molar-refractivity contribution in [2.24, 2.45) is 4.99 Å². The molecule has 1 aliphatic heterocycles. The Morgan fingerprint density at radius 2 is 1.73 bits per heavy atom. The Hall–Kier alpha value is -2.60. The molecule has 3 nitrogen and oxygen atoms in total. The lowest BCUT2D eigenvalue weighted by atomic mass is 9.78. The van der Waals surface area contributed by atoms with Crippen molar-refractivity contribution in [1.82, 2.24) is 0 Å². The lowest BCUT2D eigenvalue weighted by Crippen LogP contribution is -2.26. The number of aliphatic imine (C=N–C) groups is 1. The van der Waals surface area contributed by atoms with Crippen LogP contribution in [-0.4, -0.2) is 19.8 Å². The molecular formula is C19H19N3. The van der Waals surface area contributed by atoms with Gasteiger partial charge in [-0.05, 0) is 41.5 Å². The number of hydrogen-bond donors (Lipinski definition) is 0. The molecule has 0 radical (unpaired) electrons. The normalized spacial score (nSPS) is 15.0. The molecule has 2 aromatic rings. The molecule has 110 valence electrons. The van der Waals surface area contributed by atoms with Gasteiger partial charge in [0, 0.05) is 25.2 Å². The zero-order valence-corrected chi connectivity index (χ0v) is 13.4. The highest BCUT2D eigenvalue weighted by Gasteiger charge is 2.35. The van der Waals surface area contributed by atoms with E-state index in [1.807, 2.05) is 32.3 Å².